The number of hydrogen-bond acceptors (Lipinski definition) is 5. The highest BCUT2D eigenvalue weighted by Crippen LogP contribution is 2.48. The number of rotatable bonds is 7. The van der Waals surface area contributed by atoms with Gasteiger partial charge in [-0.05, 0) is 132 Å². The average Bonchev–Trinajstić information content (AvgIpc) is 4.20. The predicted molar refractivity (Wildman–Crippen MR) is 332 cm³/mol. The van der Waals surface area contributed by atoms with Gasteiger partial charge in [-0.1, -0.05) is 195 Å². The first-order chi connectivity index (χ1) is 37.2. The number of fused-ring (bicyclic) bond motifs is 4. The van der Waals surface area contributed by atoms with Crippen molar-refractivity contribution in [3.63, 3.8) is 0 Å². The van der Waals surface area contributed by atoms with Crippen molar-refractivity contribution in [2.45, 2.75) is 131 Å². The highest BCUT2D eigenvalue weighted by molar-refractivity contribution is 6.12. The molecule has 1 N–H and O–H groups in total. The van der Waals surface area contributed by atoms with Gasteiger partial charge in [0.15, 0.2) is 0 Å². The molecule has 0 saturated heterocycles. The minimum Gasteiger partial charge on any atom is -0.507 e. The number of imidazole rings is 1. The summed E-state index contributed by atoms with van der Waals surface area (Å²) in [6.45, 7) is 33.6. The lowest BCUT2D eigenvalue weighted by Gasteiger charge is -2.28. The number of nitrogens with zero attached hydrogens (tertiary/aromatic N) is 4. The molecular formula is C73H74N4O2. The molecule has 0 atom stereocenters. The monoisotopic (exact) mass is 1040 g/mol. The van der Waals surface area contributed by atoms with Crippen LogP contribution in [-0.4, -0.2) is 24.6 Å². The predicted octanol–water partition coefficient (Wildman–Crippen LogP) is 19.9. The van der Waals surface area contributed by atoms with E-state index in [4.69, 9.17) is 19.4 Å². The molecule has 0 saturated carbocycles. The Bertz CT molecular complexity index is 4110. The normalized spacial score (nSPS) is 12.8. The van der Waals surface area contributed by atoms with Crippen molar-refractivity contribution in [1.82, 2.24) is 19.5 Å². The molecule has 398 valence electrons. The van der Waals surface area contributed by atoms with Gasteiger partial charge in [0, 0.05) is 57.0 Å². The quantitative estimate of drug-likeness (QED) is 0.172. The van der Waals surface area contributed by atoms with Crippen LogP contribution in [0.5, 0.6) is 5.75 Å². The summed E-state index contributed by atoms with van der Waals surface area (Å²) in [6.07, 6.45) is 3.87. The van der Waals surface area contributed by atoms with Gasteiger partial charge in [0.1, 0.15) is 22.7 Å². The molecule has 6 nitrogen and oxygen atoms in total. The molecule has 11 rings (SSSR count). The maximum absolute atomic E-state index is 12.8. The summed E-state index contributed by atoms with van der Waals surface area (Å²) < 4.78 is 9.39. The highest BCUT2D eigenvalue weighted by atomic mass is 16.3. The lowest BCUT2D eigenvalue weighted by Crippen LogP contribution is -2.17. The Morgan fingerprint density at radius 1 is 0.418 bits per heavy atom. The molecule has 0 fully saturated rings. The number of pyridine rings is 2. The third kappa shape index (κ3) is 9.96. The lowest BCUT2D eigenvalue weighted by molar-refractivity contribution is 0.446. The number of benzene rings is 7. The molecule has 0 amide bonds. The number of furan rings is 1. The molecule has 0 aliphatic rings. The fraction of sp³-hybridized carbons (Fsp3) is 0.274. The number of para-hydroxylation sites is 1. The largest absolute Gasteiger partial charge is 0.507 e. The van der Waals surface area contributed by atoms with E-state index < -0.39 is 0 Å². The molecule has 11 aromatic rings. The SMILES string of the molecule is CC(C)(C)c1cc(-c2cc3oc4c(-c5cc(-c6ccccc6)ccn5)cc(-c5cccc6c5nc(-c5cc(C(C)(C)C)cc(C(C)(C)C)c5O)n6-c5ccc(C(C)(C)C)cc5-c5ccccc5)cc4c3cn2)cc(C(C)(C)C)c1. The smallest absolute Gasteiger partial charge is 0.149 e. The van der Waals surface area contributed by atoms with E-state index in [1.807, 2.05) is 18.5 Å². The van der Waals surface area contributed by atoms with Gasteiger partial charge in [-0.2, -0.15) is 0 Å². The Morgan fingerprint density at radius 2 is 1.04 bits per heavy atom. The van der Waals surface area contributed by atoms with Crippen molar-refractivity contribution < 1.29 is 9.52 Å². The number of aromatic nitrogens is 4. The van der Waals surface area contributed by atoms with E-state index in [1.165, 1.54) is 16.7 Å². The van der Waals surface area contributed by atoms with E-state index in [0.29, 0.717) is 11.4 Å². The van der Waals surface area contributed by atoms with Gasteiger partial charge in [0.05, 0.1) is 33.7 Å². The summed E-state index contributed by atoms with van der Waals surface area (Å²) in [4.78, 5) is 16.1. The van der Waals surface area contributed by atoms with E-state index in [0.717, 1.165) is 106 Å². The molecule has 0 aliphatic carbocycles. The third-order valence-electron chi connectivity index (χ3n) is 15.8. The van der Waals surface area contributed by atoms with Crippen LogP contribution in [0, 0.1) is 0 Å². The summed E-state index contributed by atoms with van der Waals surface area (Å²) in [5, 5.41) is 14.6. The Hall–Kier alpha value is -8.09. The molecule has 6 heteroatoms. The van der Waals surface area contributed by atoms with Crippen LogP contribution in [0.4, 0.5) is 0 Å². The zero-order valence-corrected chi connectivity index (χ0v) is 48.8. The van der Waals surface area contributed by atoms with Crippen molar-refractivity contribution in [1.29, 1.82) is 0 Å². The van der Waals surface area contributed by atoms with E-state index >= 15 is 0 Å². The van der Waals surface area contributed by atoms with Gasteiger partial charge in [-0.15, -0.1) is 0 Å². The third-order valence-corrected chi connectivity index (χ3v) is 15.8. The number of hydrogen-bond donors (Lipinski definition) is 1. The van der Waals surface area contributed by atoms with Crippen molar-refractivity contribution in [2.24, 2.45) is 0 Å². The van der Waals surface area contributed by atoms with Crippen LogP contribution in [0.2, 0.25) is 0 Å². The molecule has 7 aromatic carbocycles. The molecule has 0 spiro atoms. The lowest BCUT2D eigenvalue weighted by atomic mass is 9.79. The Labute approximate surface area is 467 Å². The first-order valence-electron chi connectivity index (χ1n) is 27.9. The number of phenolic OH excluding ortho intramolecular Hbond substituents is 1. The maximum Gasteiger partial charge on any atom is 0.149 e. The summed E-state index contributed by atoms with van der Waals surface area (Å²) >= 11 is 0. The standard InChI is InChI=1S/C73H74N4O2/c1-69(2,3)49-29-30-62(54(39-49)45-25-20-17-21-26-45)77-63-28-22-27-53(65(63)76-68(77)57-40-52(72(10,11)12)41-59(66(57)78)73(13,14)15)47-35-55-58-43-75-60(48-33-50(70(4,5)6)38-51(34-48)71(7,8)9)42-64(58)79-67(55)56(36-47)61-37-46(31-32-74-61)44-23-18-16-19-24-44/h16-43,78H,1-15H3. The van der Waals surface area contributed by atoms with Crippen LogP contribution in [0.25, 0.3) is 106 Å². The van der Waals surface area contributed by atoms with Crippen LogP contribution in [0.1, 0.15) is 132 Å². The van der Waals surface area contributed by atoms with Gasteiger partial charge < -0.3 is 9.52 Å². The van der Waals surface area contributed by atoms with Crippen LogP contribution >= 0.6 is 0 Å². The van der Waals surface area contributed by atoms with Gasteiger partial charge in [0.25, 0.3) is 0 Å². The second kappa shape index (κ2) is 19.1. The topological polar surface area (TPSA) is 77.0 Å². The van der Waals surface area contributed by atoms with Gasteiger partial charge >= 0.3 is 0 Å². The van der Waals surface area contributed by atoms with E-state index in [-0.39, 0.29) is 32.8 Å². The van der Waals surface area contributed by atoms with Crippen LogP contribution < -0.4 is 0 Å². The molecule has 0 radical (unpaired) electrons. The minimum absolute atomic E-state index is 0.0567. The zero-order chi connectivity index (χ0) is 56.1. The fourth-order valence-corrected chi connectivity index (χ4v) is 10.9. The second-order valence-electron chi connectivity index (χ2n) is 26.9. The van der Waals surface area contributed by atoms with Crippen molar-refractivity contribution in [3.05, 3.63) is 198 Å². The molecule has 4 aromatic heterocycles. The summed E-state index contributed by atoms with van der Waals surface area (Å²) in [5.74, 6) is 0.891. The van der Waals surface area contributed by atoms with Crippen LogP contribution in [-0.2, 0) is 27.1 Å². The number of aromatic hydroxyl groups is 1. The van der Waals surface area contributed by atoms with Crippen molar-refractivity contribution in [3.8, 4) is 78.7 Å². The first-order valence-corrected chi connectivity index (χ1v) is 27.9. The molecule has 0 unspecified atom stereocenters. The Kier molecular flexibility index (Phi) is 12.8. The van der Waals surface area contributed by atoms with Gasteiger partial charge in [0.2, 0.25) is 0 Å². The molecule has 0 aliphatic heterocycles. The average molecular weight is 1040 g/mol. The maximum atomic E-state index is 12.8. The van der Waals surface area contributed by atoms with Crippen LogP contribution in [0.3, 0.4) is 0 Å². The Morgan fingerprint density at radius 3 is 1.67 bits per heavy atom. The second-order valence-corrected chi connectivity index (χ2v) is 26.9. The van der Waals surface area contributed by atoms with E-state index in [2.05, 4.69) is 260 Å². The van der Waals surface area contributed by atoms with E-state index in [9.17, 15) is 5.11 Å². The minimum atomic E-state index is -0.363. The zero-order valence-electron chi connectivity index (χ0n) is 48.8. The fourth-order valence-electron chi connectivity index (χ4n) is 10.9. The molecule has 4 heterocycles. The first kappa shape index (κ1) is 52.9. The summed E-state index contributed by atoms with van der Waals surface area (Å²) in [6, 6.07) is 56.4. The Balaban J connectivity index is 1.22. The molecular weight excluding hydrogens is 965 g/mol. The molecule has 0 bridgehead atoms. The van der Waals surface area contributed by atoms with Crippen molar-refractivity contribution >= 4 is 33.0 Å². The van der Waals surface area contributed by atoms with Crippen molar-refractivity contribution in [2.75, 3.05) is 0 Å². The molecule has 79 heavy (non-hydrogen) atoms. The van der Waals surface area contributed by atoms with E-state index in [1.54, 1.807) is 0 Å². The summed E-state index contributed by atoms with van der Waals surface area (Å²) in [5.41, 5.74) is 19.6. The highest BCUT2D eigenvalue weighted by Gasteiger charge is 2.31. The number of phenols is 1. The summed E-state index contributed by atoms with van der Waals surface area (Å²) in [7, 11) is 0. The van der Waals surface area contributed by atoms with Gasteiger partial charge in [-0.3, -0.25) is 14.5 Å². The van der Waals surface area contributed by atoms with Crippen LogP contribution in [0.15, 0.2) is 175 Å². The van der Waals surface area contributed by atoms with Gasteiger partial charge in [-0.25, -0.2) is 4.98 Å².